The molecule has 1 radical (unpaired) electrons. The van der Waals surface area contributed by atoms with Crippen molar-refractivity contribution in [2.75, 3.05) is 0 Å². The summed E-state index contributed by atoms with van der Waals surface area (Å²) in [6.45, 7) is 0. The molecule has 0 aromatic heterocycles. The van der Waals surface area contributed by atoms with Gasteiger partial charge in [-0.1, -0.05) is 46.6 Å². The molecule has 0 atom stereocenters. The van der Waals surface area contributed by atoms with Crippen LogP contribution in [0.2, 0.25) is 0 Å². The molecule has 2 saturated carbocycles. The molecule has 0 aromatic rings. The number of hydrogen-bond acceptors (Lipinski definition) is 0. The van der Waals surface area contributed by atoms with Gasteiger partial charge in [-0.3, -0.25) is 0 Å². The number of rotatable bonds is 0. The summed E-state index contributed by atoms with van der Waals surface area (Å²) < 4.78 is 0. The van der Waals surface area contributed by atoms with Crippen LogP contribution in [0.25, 0.3) is 0 Å². The Labute approximate surface area is 105 Å². The van der Waals surface area contributed by atoms with Gasteiger partial charge in [-0.05, 0) is 38.5 Å². The second-order valence-electron chi connectivity index (χ2n) is 4.65. The summed E-state index contributed by atoms with van der Waals surface area (Å²) in [5.41, 5.74) is 6.59. The zero-order valence-corrected chi connectivity index (χ0v) is 10.5. The summed E-state index contributed by atoms with van der Waals surface area (Å²) in [5.74, 6) is 0. The smallest absolute Gasteiger partial charge is 0 e. The van der Waals surface area contributed by atoms with Crippen LogP contribution in [0, 0.1) is 0 Å². The molecule has 1 heteroatoms. The molecular weight excluding hydrogens is 271 g/mol. The van der Waals surface area contributed by atoms with Gasteiger partial charge >= 0.3 is 0 Å². The Kier molecular flexibility index (Phi) is 3.41. The Morgan fingerprint density at radius 3 is 0.867 bits per heavy atom. The largest absolute Gasteiger partial charge is 0.0658 e. The second-order valence-corrected chi connectivity index (χ2v) is 4.65. The maximum atomic E-state index is 2.26. The van der Waals surface area contributed by atoms with E-state index >= 15 is 0 Å². The van der Waals surface area contributed by atoms with E-state index in [1.807, 2.05) is 0 Å². The average Bonchev–Trinajstić information content (AvgIpc) is 3.01. The Balaban J connectivity index is 0.000000107. The molecule has 15 heavy (non-hydrogen) atoms. The standard InChI is InChI=1S/2C7H8.Rh/c2*1-2-7-4-3-6(1)5-7;/h2*1-2H,3-5H2;. The van der Waals surface area contributed by atoms with E-state index in [1.165, 1.54) is 38.5 Å². The van der Waals surface area contributed by atoms with Gasteiger partial charge in [0.2, 0.25) is 0 Å². The van der Waals surface area contributed by atoms with Crippen LogP contribution in [0.5, 0.6) is 0 Å². The summed E-state index contributed by atoms with van der Waals surface area (Å²) in [6.07, 6.45) is 17.1. The van der Waals surface area contributed by atoms with E-state index < -0.39 is 0 Å². The molecule has 4 aliphatic rings. The van der Waals surface area contributed by atoms with Crippen LogP contribution in [0.4, 0.5) is 0 Å². The van der Waals surface area contributed by atoms with Gasteiger partial charge in [0.25, 0.3) is 0 Å². The van der Waals surface area contributed by atoms with Crippen molar-refractivity contribution >= 4 is 0 Å². The summed E-state index contributed by atoms with van der Waals surface area (Å²) in [4.78, 5) is 0. The van der Waals surface area contributed by atoms with E-state index in [-0.39, 0.29) is 19.5 Å². The first-order valence-corrected chi connectivity index (χ1v) is 5.65. The number of hydrogen-bond donors (Lipinski definition) is 0. The number of fused-ring (bicyclic) bond motifs is 4. The summed E-state index contributed by atoms with van der Waals surface area (Å²) in [5, 5.41) is 0. The minimum Gasteiger partial charge on any atom is -0.0658 e. The third kappa shape index (κ3) is 2.40. The molecular formula is C14H16Rh. The summed E-state index contributed by atoms with van der Waals surface area (Å²) in [7, 11) is 0. The van der Waals surface area contributed by atoms with E-state index in [9.17, 15) is 0 Å². The van der Waals surface area contributed by atoms with E-state index in [2.05, 4.69) is 24.3 Å². The van der Waals surface area contributed by atoms with Crippen molar-refractivity contribution in [2.45, 2.75) is 38.5 Å². The van der Waals surface area contributed by atoms with Crippen LogP contribution < -0.4 is 0 Å². The van der Waals surface area contributed by atoms with Crippen LogP contribution in [0.15, 0.2) is 46.6 Å². The van der Waals surface area contributed by atoms with Gasteiger partial charge in [-0.25, -0.2) is 0 Å². The van der Waals surface area contributed by atoms with Crippen molar-refractivity contribution in [1.82, 2.24) is 0 Å². The molecule has 0 saturated heterocycles. The Bertz CT molecular complexity index is 306. The van der Waals surface area contributed by atoms with Gasteiger partial charge in [-0.15, -0.1) is 0 Å². The maximum absolute atomic E-state index is 2.26. The zero-order valence-electron chi connectivity index (χ0n) is 8.89. The van der Waals surface area contributed by atoms with Crippen molar-refractivity contribution in [3.05, 3.63) is 46.6 Å². The molecule has 0 unspecified atom stereocenters. The minimum absolute atomic E-state index is 0. The first-order chi connectivity index (χ1) is 6.90. The second kappa shape index (κ2) is 4.62. The third-order valence-electron chi connectivity index (χ3n) is 3.55. The first kappa shape index (κ1) is 11.1. The van der Waals surface area contributed by atoms with E-state index in [4.69, 9.17) is 0 Å². The van der Waals surface area contributed by atoms with Crippen molar-refractivity contribution in [1.29, 1.82) is 0 Å². The van der Waals surface area contributed by atoms with Crippen molar-refractivity contribution in [2.24, 2.45) is 0 Å². The van der Waals surface area contributed by atoms with E-state index in [1.54, 1.807) is 22.3 Å². The molecule has 81 valence electrons. The summed E-state index contributed by atoms with van der Waals surface area (Å²) in [6, 6.07) is 0. The molecule has 4 aliphatic carbocycles. The topological polar surface area (TPSA) is 0 Å². The molecule has 0 amide bonds. The molecule has 0 N–H and O–H groups in total. The van der Waals surface area contributed by atoms with Crippen LogP contribution in [0.1, 0.15) is 38.5 Å². The number of allylic oxidation sites excluding steroid dienone is 8. The fourth-order valence-electron chi connectivity index (χ4n) is 2.62. The fourth-order valence-corrected chi connectivity index (χ4v) is 2.62. The predicted octanol–water partition coefficient (Wildman–Crippen LogP) is 4.07. The average molecular weight is 287 g/mol. The molecule has 0 aliphatic heterocycles. The predicted molar refractivity (Wildman–Crippen MR) is 60.0 cm³/mol. The van der Waals surface area contributed by atoms with E-state index in [0.29, 0.717) is 0 Å². The molecule has 0 aromatic carbocycles. The van der Waals surface area contributed by atoms with Gasteiger partial charge in [-0.2, -0.15) is 0 Å². The SMILES string of the molecule is C1=C2CCC(=C1)C2.C1=C2CCC(=C1)C2.[Rh]. The first-order valence-electron chi connectivity index (χ1n) is 5.65. The fraction of sp³-hybridized carbons (Fsp3) is 0.429. The van der Waals surface area contributed by atoms with Crippen LogP contribution in [-0.4, -0.2) is 0 Å². The molecule has 4 rings (SSSR count). The van der Waals surface area contributed by atoms with Crippen LogP contribution >= 0.6 is 0 Å². The van der Waals surface area contributed by atoms with Crippen LogP contribution in [-0.2, 0) is 19.5 Å². The van der Waals surface area contributed by atoms with Crippen molar-refractivity contribution in [3.63, 3.8) is 0 Å². The minimum atomic E-state index is 0. The Morgan fingerprint density at radius 1 is 0.533 bits per heavy atom. The molecule has 0 heterocycles. The van der Waals surface area contributed by atoms with Gasteiger partial charge in [0.1, 0.15) is 0 Å². The normalized spacial score (nSPS) is 23.5. The maximum Gasteiger partial charge on any atom is 0 e. The van der Waals surface area contributed by atoms with Crippen LogP contribution in [0.3, 0.4) is 0 Å². The van der Waals surface area contributed by atoms with Gasteiger partial charge in [0.05, 0.1) is 0 Å². The van der Waals surface area contributed by atoms with Gasteiger partial charge < -0.3 is 0 Å². The molecule has 0 nitrogen and oxygen atoms in total. The van der Waals surface area contributed by atoms with Crippen molar-refractivity contribution in [3.8, 4) is 0 Å². The Hall–Kier alpha value is -0.417. The quantitative estimate of drug-likeness (QED) is 0.589. The van der Waals surface area contributed by atoms with Gasteiger partial charge in [0, 0.05) is 19.5 Å². The molecule has 0 spiro atoms. The summed E-state index contributed by atoms with van der Waals surface area (Å²) >= 11 is 0. The van der Waals surface area contributed by atoms with Crippen molar-refractivity contribution < 1.29 is 19.5 Å². The Morgan fingerprint density at radius 2 is 0.800 bits per heavy atom. The monoisotopic (exact) mass is 287 g/mol. The van der Waals surface area contributed by atoms with Gasteiger partial charge in [0.15, 0.2) is 0 Å². The molecule has 2 fully saturated rings. The van der Waals surface area contributed by atoms with E-state index in [0.717, 1.165) is 0 Å². The zero-order chi connectivity index (χ0) is 9.38. The molecule has 4 bridgehead atoms. The third-order valence-corrected chi connectivity index (χ3v) is 3.55.